The van der Waals surface area contributed by atoms with Crippen LogP contribution in [-0.4, -0.2) is 33.1 Å². The maximum absolute atomic E-state index is 12.0. The molecule has 10 heteroatoms. The quantitative estimate of drug-likeness (QED) is 0.150. The second-order valence-corrected chi connectivity index (χ2v) is 8.99. The van der Waals surface area contributed by atoms with Crippen molar-refractivity contribution < 1.29 is 14.1 Å². The van der Waals surface area contributed by atoms with Gasteiger partial charge >= 0.3 is 5.88 Å². The highest BCUT2D eigenvalue weighted by molar-refractivity contribution is 7.99. The maximum atomic E-state index is 12.0. The molecule has 0 atom stereocenters. The van der Waals surface area contributed by atoms with Gasteiger partial charge in [-0.3, -0.25) is 14.9 Å². The number of aromatic amines is 1. The molecule has 2 N–H and O–H groups in total. The standard InChI is InChI=1S/C22H20N4O4S2/c1-14-15(13-32-22-24-16-6-2-3-7-17(16)25-22)5-4-8-19(14)31-12-11-23-21(27)18-9-10-20(30-18)26(28)29/h2-10H,11-13H2,1H3,(H,23,27)(H,24,25). The number of carbonyl (C=O) groups is 1. The maximum Gasteiger partial charge on any atom is 0.433 e. The molecule has 0 aliphatic heterocycles. The molecule has 0 saturated heterocycles. The molecule has 0 saturated carbocycles. The van der Waals surface area contributed by atoms with Gasteiger partial charge in [-0.15, -0.1) is 11.8 Å². The monoisotopic (exact) mass is 468 g/mol. The molecule has 164 valence electrons. The lowest BCUT2D eigenvalue weighted by molar-refractivity contribution is -0.402. The van der Waals surface area contributed by atoms with Crippen molar-refractivity contribution in [2.45, 2.75) is 22.7 Å². The Labute approximate surface area is 192 Å². The Kier molecular flexibility index (Phi) is 6.81. The third-order valence-corrected chi connectivity index (χ3v) is 6.85. The topological polar surface area (TPSA) is 114 Å². The summed E-state index contributed by atoms with van der Waals surface area (Å²) < 4.78 is 4.91. The Morgan fingerprint density at radius 3 is 2.78 bits per heavy atom. The first-order valence-corrected chi connectivity index (χ1v) is 11.8. The van der Waals surface area contributed by atoms with Crippen LogP contribution in [0, 0.1) is 17.0 Å². The number of hydrogen-bond acceptors (Lipinski definition) is 7. The number of carbonyl (C=O) groups excluding carboxylic acids is 1. The number of thioether (sulfide) groups is 2. The van der Waals surface area contributed by atoms with Crippen LogP contribution in [0.5, 0.6) is 0 Å². The zero-order valence-electron chi connectivity index (χ0n) is 17.2. The van der Waals surface area contributed by atoms with E-state index in [4.69, 9.17) is 4.42 Å². The Morgan fingerprint density at radius 1 is 1.16 bits per heavy atom. The van der Waals surface area contributed by atoms with E-state index in [1.54, 1.807) is 23.5 Å². The molecule has 2 aromatic heterocycles. The predicted molar refractivity (Wildman–Crippen MR) is 125 cm³/mol. The molecule has 4 aromatic rings. The summed E-state index contributed by atoms with van der Waals surface area (Å²) in [7, 11) is 0. The number of hydrogen-bond donors (Lipinski definition) is 2. The number of fused-ring (bicyclic) bond motifs is 1. The van der Waals surface area contributed by atoms with E-state index in [-0.39, 0.29) is 5.76 Å². The van der Waals surface area contributed by atoms with Crippen molar-refractivity contribution in [3.8, 4) is 0 Å². The average molecular weight is 469 g/mol. The SMILES string of the molecule is Cc1c(CSc2nc3ccccc3[nH]2)cccc1SCCNC(=O)c1ccc([N+](=O)[O-])o1. The highest BCUT2D eigenvalue weighted by Crippen LogP contribution is 2.29. The van der Waals surface area contributed by atoms with Gasteiger partial charge in [0.1, 0.15) is 4.92 Å². The largest absolute Gasteiger partial charge is 0.433 e. The van der Waals surface area contributed by atoms with E-state index in [1.807, 2.05) is 30.3 Å². The number of aromatic nitrogens is 2. The van der Waals surface area contributed by atoms with Crippen LogP contribution in [0.4, 0.5) is 5.88 Å². The molecular formula is C22H20N4O4S2. The van der Waals surface area contributed by atoms with Gasteiger partial charge in [-0.05, 0) is 42.3 Å². The molecule has 1 amide bonds. The molecule has 0 bridgehead atoms. The molecular weight excluding hydrogens is 448 g/mol. The Hall–Kier alpha value is -3.24. The van der Waals surface area contributed by atoms with Crippen molar-refractivity contribution >= 4 is 46.3 Å². The molecule has 0 fully saturated rings. The summed E-state index contributed by atoms with van der Waals surface area (Å²) in [5.74, 6) is 0.482. The lowest BCUT2D eigenvalue weighted by Gasteiger charge is -2.10. The highest BCUT2D eigenvalue weighted by Gasteiger charge is 2.17. The first-order valence-electron chi connectivity index (χ1n) is 9.82. The first-order chi connectivity index (χ1) is 15.5. The minimum Gasteiger partial charge on any atom is -0.395 e. The van der Waals surface area contributed by atoms with Gasteiger partial charge < -0.3 is 14.7 Å². The van der Waals surface area contributed by atoms with Crippen LogP contribution < -0.4 is 5.32 Å². The number of nitrogens with one attached hydrogen (secondary N) is 2. The molecule has 0 unspecified atom stereocenters. The zero-order chi connectivity index (χ0) is 22.5. The van der Waals surface area contributed by atoms with Crippen molar-refractivity contribution in [2.24, 2.45) is 0 Å². The summed E-state index contributed by atoms with van der Waals surface area (Å²) in [5.41, 5.74) is 4.42. The number of benzene rings is 2. The van der Waals surface area contributed by atoms with Gasteiger partial charge in [-0.2, -0.15) is 0 Å². The molecule has 0 spiro atoms. The van der Waals surface area contributed by atoms with Gasteiger partial charge in [-0.1, -0.05) is 36.0 Å². The fourth-order valence-corrected chi connectivity index (χ4v) is 4.97. The third kappa shape index (κ3) is 5.14. The van der Waals surface area contributed by atoms with Crippen molar-refractivity contribution in [1.82, 2.24) is 15.3 Å². The van der Waals surface area contributed by atoms with Gasteiger partial charge in [0, 0.05) is 22.9 Å². The Balaban J connectivity index is 1.29. The third-order valence-electron chi connectivity index (χ3n) is 4.77. The van der Waals surface area contributed by atoms with Crippen LogP contribution >= 0.6 is 23.5 Å². The summed E-state index contributed by atoms with van der Waals surface area (Å²) in [6.07, 6.45) is 0. The molecule has 4 rings (SSSR count). The number of nitro groups is 1. The summed E-state index contributed by atoms with van der Waals surface area (Å²) in [6, 6.07) is 16.6. The first kappa shape index (κ1) is 22.0. The van der Waals surface area contributed by atoms with Crippen molar-refractivity contribution in [3.05, 3.63) is 81.6 Å². The van der Waals surface area contributed by atoms with Crippen LogP contribution in [0.15, 0.2) is 69.1 Å². The zero-order valence-corrected chi connectivity index (χ0v) is 18.8. The van der Waals surface area contributed by atoms with E-state index in [1.165, 1.54) is 23.3 Å². The van der Waals surface area contributed by atoms with Crippen molar-refractivity contribution in [1.29, 1.82) is 0 Å². The van der Waals surface area contributed by atoms with E-state index >= 15 is 0 Å². The van der Waals surface area contributed by atoms with Gasteiger partial charge in [0.15, 0.2) is 10.9 Å². The van der Waals surface area contributed by atoms with Crippen LogP contribution in [-0.2, 0) is 5.75 Å². The van der Waals surface area contributed by atoms with Crippen LogP contribution in [0.25, 0.3) is 11.0 Å². The predicted octanol–water partition coefficient (Wildman–Crippen LogP) is 5.19. The molecule has 32 heavy (non-hydrogen) atoms. The van der Waals surface area contributed by atoms with E-state index in [9.17, 15) is 14.9 Å². The van der Waals surface area contributed by atoms with Crippen molar-refractivity contribution in [3.63, 3.8) is 0 Å². The molecule has 0 radical (unpaired) electrons. The second-order valence-electron chi connectivity index (χ2n) is 6.89. The van der Waals surface area contributed by atoms with Crippen LogP contribution in [0.2, 0.25) is 0 Å². The molecule has 2 heterocycles. The molecule has 0 aliphatic rings. The smallest absolute Gasteiger partial charge is 0.395 e. The minimum atomic E-state index is -0.672. The van der Waals surface area contributed by atoms with Gasteiger partial charge in [0.25, 0.3) is 5.91 Å². The van der Waals surface area contributed by atoms with Crippen LogP contribution in [0.3, 0.4) is 0 Å². The van der Waals surface area contributed by atoms with Crippen molar-refractivity contribution in [2.75, 3.05) is 12.3 Å². The fourth-order valence-electron chi connectivity index (χ4n) is 3.08. The lowest BCUT2D eigenvalue weighted by Crippen LogP contribution is -2.25. The number of para-hydroxylation sites is 2. The van der Waals surface area contributed by atoms with E-state index in [0.29, 0.717) is 12.3 Å². The fraction of sp³-hybridized carbons (Fsp3) is 0.182. The lowest BCUT2D eigenvalue weighted by atomic mass is 10.1. The van der Waals surface area contributed by atoms with Gasteiger partial charge in [0.2, 0.25) is 0 Å². The van der Waals surface area contributed by atoms with E-state index < -0.39 is 16.7 Å². The summed E-state index contributed by atoms with van der Waals surface area (Å²) in [4.78, 5) is 31.1. The number of furan rings is 1. The number of nitrogens with zero attached hydrogens (tertiary/aromatic N) is 2. The van der Waals surface area contributed by atoms with Gasteiger partial charge in [0.05, 0.1) is 17.1 Å². The average Bonchev–Trinajstić information content (AvgIpc) is 3.44. The molecule has 0 aliphatic carbocycles. The number of rotatable bonds is 9. The minimum absolute atomic E-state index is 0.0671. The number of H-pyrrole nitrogens is 1. The second kappa shape index (κ2) is 9.92. The van der Waals surface area contributed by atoms with Gasteiger partial charge in [-0.25, -0.2) is 4.98 Å². The summed E-state index contributed by atoms with van der Waals surface area (Å²) >= 11 is 3.31. The Bertz CT molecular complexity index is 1230. The highest BCUT2D eigenvalue weighted by atomic mass is 32.2. The van der Waals surface area contributed by atoms with E-state index in [0.717, 1.165) is 26.8 Å². The number of imidazole rings is 1. The molecule has 2 aromatic carbocycles. The van der Waals surface area contributed by atoms with E-state index in [2.05, 4.69) is 34.3 Å². The Morgan fingerprint density at radius 2 is 2.00 bits per heavy atom. The summed E-state index contributed by atoms with van der Waals surface area (Å²) in [5, 5.41) is 14.3. The molecule has 8 nitrogen and oxygen atoms in total. The van der Waals surface area contributed by atoms with Crippen LogP contribution in [0.1, 0.15) is 21.7 Å². The normalized spacial score (nSPS) is 11.0. The summed E-state index contributed by atoms with van der Waals surface area (Å²) in [6.45, 7) is 2.51. The number of amides is 1.